The highest BCUT2D eigenvalue weighted by Crippen LogP contribution is 2.35. The van der Waals surface area contributed by atoms with Crippen LogP contribution >= 0.6 is 7.60 Å². The van der Waals surface area contributed by atoms with Gasteiger partial charge in [0, 0.05) is 0 Å². The van der Waals surface area contributed by atoms with Gasteiger partial charge in [-0.3, -0.25) is 23.8 Å². The van der Waals surface area contributed by atoms with Gasteiger partial charge in [0.05, 0.1) is 19.3 Å². The van der Waals surface area contributed by atoms with E-state index >= 15 is 0 Å². The molecule has 10 nitrogen and oxygen atoms in total. The number of carboxylic acids is 3. The minimum atomic E-state index is -4.45. The smallest absolute Gasteiger partial charge is 0.325 e. The summed E-state index contributed by atoms with van der Waals surface area (Å²) in [5, 5.41) is 26.0. The molecule has 11 heteroatoms. The molecule has 0 saturated heterocycles. The lowest BCUT2D eigenvalue weighted by Gasteiger charge is -2.25. The maximum absolute atomic E-state index is 10.9. The van der Waals surface area contributed by atoms with Crippen LogP contribution < -0.4 is 0 Å². The Bertz CT molecular complexity index is 387. The summed E-state index contributed by atoms with van der Waals surface area (Å²) in [4.78, 5) is 50.0. The van der Waals surface area contributed by atoms with Gasteiger partial charge in [-0.05, 0) is 6.42 Å². The Morgan fingerprint density at radius 3 is 1.68 bits per heavy atom. The Labute approximate surface area is 107 Å². The van der Waals surface area contributed by atoms with E-state index in [0.717, 1.165) is 0 Å². The van der Waals surface area contributed by atoms with Crippen molar-refractivity contribution in [2.24, 2.45) is 0 Å². The van der Waals surface area contributed by atoms with E-state index in [1.807, 2.05) is 0 Å². The average Bonchev–Trinajstić information content (AvgIpc) is 2.12. The van der Waals surface area contributed by atoms with Crippen molar-refractivity contribution >= 4 is 25.5 Å². The van der Waals surface area contributed by atoms with Crippen molar-refractivity contribution in [3.63, 3.8) is 0 Å². The Hall–Kier alpha value is -1.48. The molecule has 0 radical (unpaired) electrons. The van der Waals surface area contributed by atoms with Gasteiger partial charge in [0.15, 0.2) is 0 Å². The third-order valence-electron chi connectivity index (χ3n) is 2.10. The van der Waals surface area contributed by atoms with Crippen LogP contribution in [0.3, 0.4) is 0 Å². The fourth-order valence-corrected chi connectivity index (χ4v) is 1.96. The molecule has 0 saturated carbocycles. The normalized spacial score (nSPS) is 13.2. The van der Waals surface area contributed by atoms with E-state index < -0.39 is 57.2 Å². The van der Waals surface area contributed by atoms with Gasteiger partial charge in [0.2, 0.25) is 0 Å². The summed E-state index contributed by atoms with van der Waals surface area (Å²) in [7, 11) is -4.45. The van der Waals surface area contributed by atoms with E-state index in [9.17, 15) is 18.9 Å². The molecule has 1 unspecified atom stereocenters. The van der Waals surface area contributed by atoms with Crippen LogP contribution in [0.25, 0.3) is 0 Å². The number of rotatable bonds is 9. The zero-order chi connectivity index (χ0) is 15.2. The third-order valence-corrected chi connectivity index (χ3v) is 2.94. The molecule has 0 aliphatic rings. The third kappa shape index (κ3) is 8.27. The number of aliphatic carboxylic acids is 3. The van der Waals surface area contributed by atoms with Crippen LogP contribution in [0, 0.1) is 0 Å². The topological polar surface area (TPSA) is 173 Å². The molecule has 19 heavy (non-hydrogen) atoms. The molecule has 0 amide bonds. The molecule has 0 aromatic rings. The molecule has 0 fully saturated rings. The van der Waals surface area contributed by atoms with Gasteiger partial charge in [-0.1, -0.05) is 0 Å². The lowest BCUT2D eigenvalue weighted by molar-refractivity contribution is -0.149. The van der Waals surface area contributed by atoms with Gasteiger partial charge >= 0.3 is 25.5 Å². The Kier molecular flexibility index (Phi) is 6.63. The second-order valence-electron chi connectivity index (χ2n) is 3.72. The van der Waals surface area contributed by atoms with Crippen LogP contribution in [-0.2, 0) is 18.9 Å². The first-order valence-corrected chi connectivity index (χ1v) is 6.77. The summed E-state index contributed by atoms with van der Waals surface area (Å²) >= 11 is 0. The number of hydrogen-bond acceptors (Lipinski definition) is 5. The van der Waals surface area contributed by atoms with Crippen molar-refractivity contribution in [1.29, 1.82) is 0 Å². The fraction of sp³-hybridized carbons (Fsp3) is 0.625. The van der Waals surface area contributed by atoms with E-state index in [1.54, 1.807) is 0 Å². The van der Waals surface area contributed by atoms with Gasteiger partial charge < -0.3 is 25.1 Å². The van der Waals surface area contributed by atoms with E-state index in [-0.39, 0.29) is 0 Å². The fourth-order valence-electron chi connectivity index (χ4n) is 1.38. The van der Waals surface area contributed by atoms with Crippen molar-refractivity contribution < 1.29 is 44.1 Å². The summed E-state index contributed by atoms with van der Waals surface area (Å²) < 4.78 is 10.7. The monoisotopic (exact) mass is 299 g/mol. The first-order chi connectivity index (χ1) is 8.53. The molecule has 0 spiro atoms. The quantitative estimate of drug-likeness (QED) is 0.314. The molecule has 0 rings (SSSR count). The molecule has 0 heterocycles. The SMILES string of the molecule is O=C(O)CN(CC(=O)O)C(CCP(=O)(O)O)C(=O)O. The Morgan fingerprint density at radius 2 is 1.42 bits per heavy atom. The number of nitrogens with zero attached hydrogens (tertiary/aromatic N) is 1. The van der Waals surface area contributed by atoms with E-state index in [0.29, 0.717) is 4.90 Å². The van der Waals surface area contributed by atoms with Crippen molar-refractivity contribution in [1.82, 2.24) is 4.90 Å². The zero-order valence-corrected chi connectivity index (χ0v) is 10.6. The highest BCUT2D eigenvalue weighted by Gasteiger charge is 2.30. The van der Waals surface area contributed by atoms with Crippen LogP contribution in [0.4, 0.5) is 0 Å². The zero-order valence-electron chi connectivity index (χ0n) is 9.67. The summed E-state index contributed by atoms with van der Waals surface area (Å²) in [6.07, 6.45) is -1.33. The van der Waals surface area contributed by atoms with Gasteiger partial charge in [0.1, 0.15) is 6.04 Å². The number of carboxylic acid groups (broad SMARTS) is 3. The highest BCUT2D eigenvalue weighted by molar-refractivity contribution is 7.51. The second-order valence-corrected chi connectivity index (χ2v) is 5.50. The molecule has 0 aliphatic carbocycles. The van der Waals surface area contributed by atoms with Gasteiger partial charge in [-0.25, -0.2) is 0 Å². The Morgan fingerprint density at radius 1 is 1.00 bits per heavy atom. The van der Waals surface area contributed by atoms with Crippen molar-refractivity contribution in [2.75, 3.05) is 19.3 Å². The second kappa shape index (κ2) is 7.19. The number of hydrogen-bond donors (Lipinski definition) is 5. The molecule has 0 aliphatic heterocycles. The summed E-state index contributed by atoms with van der Waals surface area (Å²) in [5.41, 5.74) is 0. The standard InChI is InChI=1S/C8H14NO9P/c10-6(11)3-9(4-7(12)13)5(8(14)15)1-2-19(16,17)18/h5H,1-4H2,(H,10,11)(H,12,13)(H,14,15)(H2,16,17,18). The van der Waals surface area contributed by atoms with Gasteiger partial charge in [0.25, 0.3) is 0 Å². The van der Waals surface area contributed by atoms with Crippen LogP contribution in [0.15, 0.2) is 0 Å². The predicted octanol–water partition coefficient (Wildman–Crippen LogP) is -1.52. The predicted molar refractivity (Wildman–Crippen MR) is 59.8 cm³/mol. The van der Waals surface area contributed by atoms with Gasteiger partial charge in [-0.15, -0.1) is 0 Å². The minimum Gasteiger partial charge on any atom is -0.480 e. The Balaban J connectivity index is 4.93. The molecule has 1 atom stereocenters. The van der Waals surface area contributed by atoms with E-state index in [2.05, 4.69) is 0 Å². The summed E-state index contributed by atoms with van der Waals surface area (Å²) in [6, 6.07) is -1.60. The average molecular weight is 299 g/mol. The van der Waals surface area contributed by atoms with Gasteiger partial charge in [-0.2, -0.15) is 0 Å². The van der Waals surface area contributed by atoms with E-state index in [4.69, 9.17) is 25.1 Å². The molecule has 5 N–H and O–H groups in total. The lowest BCUT2D eigenvalue weighted by atomic mass is 10.2. The lowest BCUT2D eigenvalue weighted by Crippen LogP contribution is -2.46. The molecule has 0 bridgehead atoms. The van der Waals surface area contributed by atoms with Crippen molar-refractivity contribution in [3.05, 3.63) is 0 Å². The van der Waals surface area contributed by atoms with Crippen molar-refractivity contribution in [2.45, 2.75) is 12.5 Å². The highest BCUT2D eigenvalue weighted by atomic mass is 31.2. The van der Waals surface area contributed by atoms with Crippen LogP contribution in [0.1, 0.15) is 6.42 Å². The maximum atomic E-state index is 10.9. The largest absolute Gasteiger partial charge is 0.480 e. The molecular weight excluding hydrogens is 285 g/mol. The number of carbonyl (C=O) groups is 3. The first-order valence-electron chi connectivity index (χ1n) is 4.98. The minimum absolute atomic E-state index is 0.555. The molecule has 0 aromatic carbocycles. The summed E-state index contributed by atoms with van der Waals surface area (Å²) in [6.45, 7) is -1.71. The van der Waals surface area contributed by atoms with Crippen molar-refractivity contribution in [3.8, 4) is 0 Å². The van der Waals surface area contributed by atoms with E-state index in [1.165, 1.54) is 0 Å². The molecular formula is C8H14NO9P. The molecule has 0 aromatic heterocycles. The summed E-state index contributed by atoms with van der Waals surface area (Å²) in [5.74, 6) is -4.43. The van der Waals surface area contributed by atoms with Crippen LogP contribution in [0.5, 0.6) is 0 Å². The van der Waals surface area contributed by atoms with Crippen LogP contribution in [-0.4, -0.2) is 73.2 Å². The first kappa shape index (κ1) is 17.5. The van der Waals surface area contributed by atoms with Crippen LogP contribution in [0.2, 0.25) is 0 Å². The molecule has 110 valence electrons. The maximum Gasteiger partial charge on any atom is 0.325 e.